The second-order valence-electron chi connectivity index (χ2n) is 6.18. The van der Waals surface area contributed by atoms with Crippen molar-refractivity contribution in [3.8, 4) is 0 Å². The molecule has 1 atom stereocenters. The molecule has 0 bridgehead atoms. The predicted octanol–water partition coefficient (Wildman–Crippen LogP) is 2.37. The van der Waals surface area contributed by atoms with E-state index in [9.17, 15) is 14.7 Å². The maximum absolute atomic E-state index is 12.0. The number of amides is 2. The number of carbonyl (C=O) groups is 2. The second kappa shape index (κ2) is 6.47. The number of carboxylic acids is 1. The van der Waals surface area contributed by atoms with Gasteiger partial charge in [-0.05, 0) is 23.6 Å². The summed E-state index contributed by atoms with van der Waals surface area (Å²) in [4.78, 5) is 25.1. The van der Waals surface area contributed by atoms with Gasteiger partial charge in [0.2, 0.25) is 0 Å². The van der Waals surface area contributed by atoms with Crippen molar-refractivity contribution in [2.24, 2.45) is 5.41 Å². The van der Waals surface area contributed by atoms with Gasteiger partial charge < -0.3 is 20.6 Å². The molecule has 0 spiro atoms. The number of rotatable bonds is 4. The van der Waals surface area contributed by atoms with Gasteiger partial charge in [0, 0.05) is 25.5 Å². The highest BCUT2D eigenvalue weighted by molar-refractivity contribution is 5.92. The lowest BCUT2D eigenvalue weighted by molar-refractivity contribution is -0.141. The zero-order chi connectivity index (χ0) is 16.2. The Morgan fingerprint density at radius 2 is 1.86 bits per heavy atom. The van der Waals surface area contributed by atoms with E-state index in [1.165, 1.54) is 0 Å². The molecule has 0 aromatic heterocycles. The normalized spacial score (nSPS) is 12.4. The molecule has 0 radical (unpaired) electrons. The van der Waals surface area contributed by atoms with Gasteiger partial charge in [-0.1, -0.05) is 26.8 Å². The molecule has 3 N–H and O–H groups in total. The second-order valence-corrected chi connectivity index (χ2v) is 6.18. The topological polar surface area (TPSA) is 81.7 Å². The fraction of sp³-hybridized carbons (Fsp3) is 0.467. The minimum absolute atomic E-state index is 0.534. The summed E-state index contributed by atoms with van der Waals surface area (Å²) in [6, 6.07) is 5.80. The van der Waals surface area contributed by atoms with Crippen LogP contribution in [0.25, 0.3) is 0 Å². The van der Waals surface area contributed by atoms with E-state index >= 15 is 0 Å². The van der Waals surface area contributed by atoms with Crippen LogP contribution in [0.15, 0.2) is 24.3 Å². The molecule has 6 nitrogen and oxygen atoms in total. The fourth-order valence-electron chi connectivity index (χ4n) is 1.81. The van der Waals surface area contributed by atoms with Crippen molar-refractivity contribution in [1.29, 1.82) is 0 Å². The average molecular weight is 293 g/mol. The van der Waals surface area contributed by atoms with Crippen molar-refractivity contribution in [2.45, 2.75) is 26.8 Å². The van der Waals surface area contributed by atoms with Crippen LogP contribution in [0.4, 0.5) is 16.2 Å². The minimum Gasteiger partial charge on any atom is -0.480 e. The largest absolute Gasteiger partial charge is 0.480 e. The Balaban J connectivity index is 2.77. The van der Waals surface area contributed by atoms with E-state index in [0.717, 1.165) is 5.69 Å². The summed E-state index contributed by atoms with van der Waals surface area (Å²) < 4.78 is 0. The Hall–Kier alpha value is -2.24. The number of hydrogen-bond acceptors (Lipinski definition) is 3. The molecule has 21 heavy (non-hydrogen) atoms. The van der Waals surface area contributed by atoms with Crippen LogP contribution >= 0.6 is 0 Å². The molecular formula is C15H23N3O3. The van der Waals surface area contributed by atoms with Crippen LogP contribution in [0, 0.1) is 5.41 Å². The predicted molar refractivity (Wildman–Crippen MR) is 83.8 cm³/mol. The van der Waals surface area contributed by atoms with Gasteiger partial charge in [0.15, 0.2) is 0 Å². The Labute approximate surface area is 125 Å². The molecule has 116 valence electrons. The van der Waals surface area contributed by atoms with E-state index in [1.54, 1.807) is 26.8 Å². The Morgan fingerprint density at radius 1 is 1.24 bits per heavy atom. The highest BCUT2D eigenvalue weighted by atomic mass is 16.4. The Kier molecular flexibility index (Phi) is 5.18. The summed E-state index contributed by atoms with van der Waals surface area (Å²) in [7, 11) is 3.80. The first-order chi connectivity index (χ1) is 9.61. The van der Waals surface area contributed by atoms with Crippen molar-refractivity contribution in [2.75, 3.05) is 24.3 Å². The van der Waals surface area contributed by atoms with Crippen LogP contribution in [0.2, 0.25) is 0 Å². The molecule has 0 saturated carbocycles. The Bertz CT molecular complexity index is 521. The maximum Gasteiger partial charge on any atom is 0.326 e. The number of urea groups is 1. The molecule has 1 aromatic rings. The number of carboxylic acid groups (broad SMARTS) is 1. The van der Waals surface area contributed by atoms with Gasteiger partial charge >= 0.3 is 12.0 Å². The monoisotopic (exact) mass is 293 g/mol. The summed E-state index contributed by atoms with van der Waals surface area (Å²) in [6.07, 6.45) is 0. The van der Waals surface area contributed by atoms with Crippen molar-refractivity contribution < 1.29 is 14.7 Å². The lowest BCUT2D eigenvalue weighted by atomic mass is 9.87. The highest BCUT2D eigenvalue weighted by Gasteiger charge is 2.32. The van der Waals surface area contributed by atoms with Gasteiger partial charge in [-0.2, -0.15) is 0 Å². The zero-order valence-corrected chi connectivity index (χ0v) is 13.1. The average Bonchev–Trinajstić information content (AvgIpc) is 2.34. The van der Waals surface area contributed by atoms with E-state index in [1.807, 2.05) is 37.2 Å². The molecule has 0 fully saturated rings. The maximum atomic E-state index is 12.0. The highest BCUT2D eigenvalue weighted by Crippen LogP contribution is 2.20. The third kappa shape index (κ3) is 4.98. The molecular weight excluding hydrogens is 270 g/mol. The van der Waals surface area contributed by atoms with Gasteiger partial charge in [0.25, 0.3) is 0 Å². The SMILES string of the molecule is CN(C)c1cccc(NC(=O)N[C@H](C(=O)O)C(C)(C)C)c1. The van der Waals surface area contributed by atoms with Crippen molar-refractivity contribution in [3.63, 3.8) is 0 Å². The van der Waals surface area contributed by atoms with Crippen LogP contribution in [-0.2, 0) is 4.79 Å². The number of aliphatic carboxylic acids is 1. The Morgan fingerprint density at radius 3 is 2.33 bits per heavy atom. The first-order valence-corrected chi connectivity index (χ1v) is 6.69. The molecule has 1 rings (SSSR count). The van der Waals surface area contributed by atoms with Gasteiger partial charge in [0.1, 0.15) is 6.04 Å². The number of carbonyl (C=O) groups excluding carboxylic acids is 1. The lowest BCUT2D eigenvalue weighted by Crippen LogP contribution is -2.50. The fourth-order valence-corrected chi connectivity index (χ4v) is 1.81. The minimum atomic E-state index is -1.06. The summed E-state index contributed by atoms with van der Waals surface area (Å²) in [5, 5.41) is 14.3. The third-order valence-corrected chi connectivity index (χ3v) is 3.01. The molecule has 0 aliphatic heterocycles. The van der Waals surface area contributed by atoms with E-state index in [-0.39, 0.29) is 0 Å². The molecule has 1 aromatic carbocycles. The smallest absolute Gasteiger partial charge is 0.326 e. The van der Waals surface area contributed by atoms with E-state index in [0.29, 0.717) is 5.69 Å². The van der Waals surface area contributed by atoms with E-state index in [4.69, 9.17) is 0 Å². The lowest BCUT2D eigenvalue weighted by Gasteiger charge is -2.27. The number of hydrogen-bond donors (Lipinski definition) is 3. The van der Waals surface area contributed by atoms with Crippen molar-refractivity contribution in [1.82, 2.24) is 5.32 Å². The quantitative estimate of drug-likeness (QED) is 0.796. The van der Waals surface area contributed by atoms with Crippen LogP contribution in [0.1, 0.15) is 20.8 Å². The van der Waals surface area contributed by atoms with E-state index < -0.39 is 23.5 Å². The van der Waals surface area contributed by atoms with Crippen LogP contribution in [0.5, 0.6) is 0 Å². The first-order valence-electron chi connectivity index (χ1n) is 6.69. The van der Waals surface area contributed by atoms with Gasteiger partial charge in [-0.15, -0.1) is 0 Å². The summed E-state index contributed by atoms with van der Waals surface area (Å²) in [6.45, 7) is 5.29. The number of nitrogens with zero attached hydrogens (tertiary/aromatic N) is 1. The van der Waals surface area contributed by atoms with Crippen LogP contribution in [-0.4, -0.2) is 37.2 Å². The molecule has 0 saturated heterocycles. The van der Waals surface area contributed by atoms with Gasteiger partial charge in [-0.25, -0.2) is 9.59 Å². The molecule has 0 unspecified atom stereocenters. The van der Waals surface area contributed by atoms with E-state index in [2.05, 4.69) is 10.6 Å². The first kappa shape index (κ1) is 16.8. The summed E-state index contributed by atoms with van der Waals surface area (Å²) in [5.41, 5.74) is 0.976. The molecule has 6 heteroatoms. The molecule has 2 amide bonds. The van der Waals surface area contributed by atoms with Crippen LogP contribution in [0.3, 0.4) is 0 Å². The summed E-state index contributed by atoms with van der Waals surface area (Å²) >= 11 is 0. The third-order valence-electron chi connectivity index (χ3n) is 3.01. The van der Waals surface area contributed by atoms with Gasteiger partial charge in [0.05, 0.1) is 0 Å². The number of benzene rings is 1. The van der Waals surface area contributed by atoms with Crippen molar-refractivity contribution in [3.05, 3.63) is 24.3 Å². The van der Waals surface area contributed by atoms with Crippen LogP contribution < -0.4 is 15.5 Å². The van der Waals surface area contributed by atoms with Gasteiger partial charge in [-0.3, -0.25) is 0 Å². The molecule has 0 aliphatic carbocycles. The molecule has 0 aliphatic rings. The molecule has 0 heterocycles. The summed E-state index contributed by atoms with van der Waals surface area (Å²) in [5.74, 6) is -1.06. The number of nitrogens with one attached hydrogen (secondary N) is 2. The number of anilines is 2. The standard InChI is InChI=1S/C15H23N3O3/c1-15(2,3)12(13(19)20)17-14(21)16-10-7-6-8-11(9-10)18(4)5/h6-9,12H,1-5H3,(H,19,20)(H2,16,17,21)/t12-/m1/s1. The van der Waals surface area contributed by atoms with Crippen molar-refractivity contribution >= 4 is 23.4 Å². The zero-order valence-electron chi connectivity index (χ0n) is 13.1.